The number of carbonyl (C=O) groups excluding carboxylic acids is 1. The molecule has 0 aliphatic heterocycles. The topological polar surface area (TPSA) is 46.3 Å². The van der Waals surface area contributed by atoms with Crippen LogP contribution in [0.25, 0.3) is 22.2 Å². The van der Waals surface area contributed by atoms with Crippen LogP contribution < -0.4 is 0 Å². The quantitative estimate of drug-likeness (QED) is 0.385. The van der Waals surface area contributed by atoms with Gasteiger partial charge in [0.1, 0.15) is 0 Å². The molecule has 5 rings (SSSR count). The van der Waals surface area contributed by atoms with E-state index in [-0.39, 0.29) is 11.9 Å². The Morgan fingerprint density at radius 3 is 2.70 bits per heavy atom. The average Bonchev–Trinajstić information content (AvgIpc) is 3.44. The maximum Gasteiger partial charge on any atom is 0.290 e. The van der Waals surface area contributed by atoms with Crippen LogP contribution in [0.3, 0.4) is 0 Å². The molecule has 0 radical (unpaired) electrons. The molecule has 1 fully saturated rings. The van der Waals surface area contributed by atoms with Crippen molar-refractivity contribution in [1.29, 1.82) is 0 Å². The first-order valence-electron chi connectivity index (χ1n) is 10.1. The van der Waals surface area contributed by atoms with Crippen LogP contribution in [0.1, 0.15) is 34.5 Å². The molecule has 4 nitrogen and oxygen atoms in total. The van der Waals surface area contributed by atoms with Crippen molar-refractivity contribution in [3.63, 3.8) is 0 Å². The summed E-state index contributed by atoms with van der Waals surface area (Å²) in [7, 11) is 0. The lowest BCUT2D eigenvalue weighted by Crippen LogP contribution is -2.32. The van der Waals surface area contributed by atoms with E-state index in [9.17, 15) is 4.79 Å². The fraction of sp³-hybridized carbons (Fsp3) is 0.200. The summed E-state index contributed by atoms with van der Waals surface area (Å²) in [4.78, 5) is 20.0. The van der Waals surface area contributed by atoms with Gasteiger partial charge < -0.3 is 9.32 Å². The van der Waals surface area contributed by atoms with Gasteiger partial charge in [0.15, 0.2) is 5.76 Å². The van der Waals surface area contributed by atoms with E-state index in [0.29, 0.717) is 17.3 Å². The van der Waals surface area contributed by atoms with Gasteiger partial charge in [-0.2, -0.15) is 0 Å². The van der Waals surface area contributed by atoms with Crippen LogP contribution in [0.4, 0.5) is 0 Å². The van der Waals surface area contributed by atoms with Crippen molar-refractivity contribution >= 4 is 28.4 Å². The molecule has 0 bridgehead atoms. The number of hydrogen-bond donors (Lipinski definition) is 0. The van der Waals surface area contributed by atoms with Gasteiger partial charge in [-0.1, -0.05) is 41.9 Å². The Morgan fingerprint density at radius 2 is 1.97 bits per heavy atom. The highest BCUT2D eigenvalue weighted by atomic mass is 35.5. The fourth-order valence-corrected chi connectivity index (χ4v) is 4.07. The molecular formula is C25H21ClN2O2. The summed E-state index contributed by atoms with van der Waals surface area (Å²) in [5, 5.41) is 1.73. The van der Waals surface area contributed by atoms with Crippen LogP contribution in [-0.2, 0) is 6.54 Å². The number of pyridine rings is 1. The summed E-state index contributed by atoms with van der Waals surface area (Å²) in [5.41, 5.74) is 4.89. The summed E-state index contributed by atoms with van der Waals surface area (Å²) in [5.74, 6) is 0.291. The molecule has 0 unspecified atom stereocenters. The van der Waals surface area contributed by atoms with E-state index in [1.54, 1.807) is 12.1 Å². The van der Waals surface area contributed by atoms with Crippen molar-refractivity contribution in [3.05, 3.63) is 88.8 Å². The molecular weight excluding hydrogens is 396 g/mol. The van der Waals surface area contributed by atoms with Crippen LogP contribution in [0.2, 0.25) is 5.02 Å². The minimum atomic E-state index is -0.0797. The molecule has 2 heterocycles. The highest BCUT2D eigenvalue weighted by Crippen LogP contribution is 2.34. The van der Waals surface area contributed by atoms with E-state index in [1.807, 2.05) is 35.2 Å². The van der Waals surface area contributed by atoms with Crippen LogP contribution in [0.15, 0.2) is 71.3 Å². The fourth-order valence-electron chi connectivity index (χ4n) is 3.88. The summed E-state index contributed by atoms with van der Waals surface area (Å²) in [6, 6.07) is 19.7. The number of furan rings is 1. The van der Waals surface area contributed by atoms with E-state index in [0.717, 1.165) is 46.1 Å². The van der Waals surface area contributed by atoms with Crippen molar-refractivity contribution in [1.82, 2.24) is 9.88 Å². The van der Waals surface area contributed by atoms with E-state index in [2.05, 4.69) is 25.1 Å². The zero-order valence-corrected chi connectivity index (χ0v) is 17.4. The highest BCUT2D eigenvalue weighted by molar-refractivity contribution is 6.30. The van der Waals surface area contributed by atoms with Gasteiger partial charge in [-0.3, -0.25) is 4.79 Å². The van der Waals surface area contributed by atoms with Crippen LogP contribution in [0, 0.1) is 6.92 Å². The van der Waals surface area contributed by atoms with Crippen molar-refractivity contribution in [2.75, 3.05) is 0 Å². The third kappa shape index (κ3) is 3.59. The Hall–Kier alpha value is -3.11. The average molecular weight is 417 g/mol. The normalized spacial score (nSPS) is 13.5. The minimum absolute atomic E-state index is 0.0797. The molecule has 0 saturated heterocycles. The molecule has 4 aromatic rings. The van der Waals surface area contributed by atoms with Crippen molar-refractivity contribution in [2.45, 2.75) is 32.4 Å². The lowest BCUT2D eigenvalue weighted by molar-refractivity contribution is 0.0697. The summed E-state index contributed by atoms with van der Waals surface area (Å²) in [6.07, 6.45) is 3.56. The summed E-state index contributed by atoms with van der Waals surface area (Å²) < 4.78 is 5.38. The van der Waals surface area contributed by atoms with Gasteiger partial charge in [0.2, 0.25) is 0 Å². The third-order valence-electron chi connectivity index (χ3n) is 5.55. The Balaban J connectivity index is 1.63. The number of hydrogen-bond acceptors (Lipinski definition) is 3. The predicted molar refractivity (Wildman–Crippen MR) is 119 cm³/mol. The van der Waals surface area contributed by atoms with Gasteiger partial charge in [0.25, 0.3) is 5.91 Å². The number of benzene rings is 2. The second-order valence-electron chi connectivity index (χ2n) is 7.79. The molecule has 1 aliphatic rings. The van der Waals surface area contributed by atoms with Crippen LogP contribution >= 0.6 is 11.6 Å². The lowest BCUT2D eigenvalue weighted by atomic mass is 10.0. The van der Waals surface area contributed by atoms with Crippen molar-refractivity contribution in [3.8, 4) is 11.3 Å². The first-order valence-corrected chi connectivity index (χ1v) is 10.5. The number of aryl methyl sites for hydroxylation is 1. The molecule has 1 aliphatic carbocycles. The largest absolute Gasteiger partial charge is 0.459 e. The summed E-state index contributed by atoms with van der Waals surface area (Å²) >= 11 is 6.28. The maximum absolute atomic E-state index is 13.1. The number of carbonyl (C=O) groups is 1. The minimum Gasteiger partial charge on any atom is -0.459 e. The first kappa shape index (κ1) is 18.9. The molecule has 0 spiro atoms. The Morgan fingerprint density at radius 1 is 1.13 bits per heavy atom. The van der Waals surface area contributed by atoms with Crippen LogP contribution in [-0.4, -0.2) is 21.8 Å². The molecule has 0 N–H and O–H groups in total. The zero-order valence-electron chi connectivity index (χ0n) is 16.6. The smallest absolute Gasteiger partial charge is 0.290 e. The first-order chi connectivity index (χ1) is 14.6. The number of nitrogens with zero attached hydrogens (tertiary/aromatic N) is 2. The molecule has 2 aromatic heterocycles. The van der Waals surface area contributed by atoms with Gasteiger partial charge in [-0.05, 0) is 61.2 Å². The van der Waals surface area contributed by atoms with E-state index in [4.69, 9.17) is 21.0 Å². The van der Waals surface area contributed by atoms with Gasteiger partial charge in [-0.25, -0.2) is 4.98 Å². The third-order valence-corrected chi connectivity index (χ3v) is 5.78. The number of fused-ring (bicyclic) bond motifs is 1. The number of aromatic nitrogens is 1. The molecule has 150 valence electrons. The Bertz CT molecular complexity index is 1230. The summed E-state index contributed by atoms with van der Waals surface area (Å²) in [6.45, 7) is 2.54. The molecule has 0 atom stereocenters. The monoisotopic (exact) mass is 416 g/mol. The standard InChI is InChI=1S/C25H21ClN2O2/c1-16-5-2-6-17-13-19(24(27-23(16)17)18-7-3-8-20(26)14-18)15-28(21-10-11-21)25(29)22-9-4-12-30-22/h2-9,12-14,21H,10-11,15H2,1H3. The number of amides is 1. The SMILES string of the molecule is Cc1cccc2cc(CN(C(=O)c3ccco3)C3CC3)c(-c3cccc(Cl)c3)nc12. The maximum atomic E-state index is 13.1. The van der Waals surface area contributed by atoms with Gasteiger partial charge in [0.05, 0.1) is 17.5 Å². The molecule has 30 heavy (non-hydrogen) atoms. The lowest BCUT2D eigenvalue weighted by Gasteiger charge is -2.23. The van der Waals surface area contributed by atoms with E-state index in [1.165, 1.54) is 6.26 Å². The molecule has 1 amide bonds. The number of rotatable bonds is 5. The number of para-hydroxylation sites is 1. The van der Waals surface area contributed by atoms with Gasteiger partial charge >= 0.3 is 0 Å². The number of halogens is 1. The molecule has 2 aromatic carbocycles. The molecule has 5 heteroatoms. The van der Waals surface area contributed by atoms with E-state index < -0.39 is 0 Å². The zero-order chi connectivity index (χ0) is 20.7. The van der Waals surface area contributed by atoms with Gasteiger partial charge in [-0.15, -0.1) is 0 Å². The van der Waals surface area contributed by atoms with E-state index >= 15 is 0 Å². The second-order valence-corrected chi connectivity index (χ2v) is 8.23. The van der Waals surface area contributed by atoms with Crippen molar-refractivity contribution < 1.29 is 9.21 Å². The second kappa shape index (κ2) is 7.62. The Kier molecular flexibility index (Phi) is 4.80. The molecule has 1 saturated carbocycles. The van der Waals surface area contributed by atoms with Gasteiger partial charge in [0, 0.05) is 28.6 Å². The van der Waals surface area contributed by atoms with Crippen LogP contribution in [0.5, 0.6) is 0 Å². The Labute approximate surface area is 180 Å². The van der Waals surface area contributed by atoms with Crippen molar-refractivity contribution in [2.24, 2.45) is 0 Å². The highest BCUT2D eigenvalue weighted by Gasteiger charge is 2.34. The predicted octanol–water partition coefficient (Wildman–Crippen LogP) is 6.26.